The molecule has 7 heteroatoms. The summed E-state index contributed by atoms with van der Waals surface area (Å²) < 4.78 is 2.07. The zero-order valence-corrected chi connectivity index (χ0v) is 12.4. The lowest BCUT2D eigenvalue weighted by atomic mass is 10.3. The Morgan fingerprint density at radius 1 is 1.32 bits per heavy atom. The van der Waals surface area contributed by atoms with Gasteiger partial charge in [0.05, 0.1) is 11.9 Å². The van der Waals surface area contributed by atoms with E-state index in [-0.39, 0.29) is 0 Å². The zero-order chi connectivity index (χ0) is 14.0. The maximum Gasteiger partial charge on any atom is 0.152 e. The summed E-state index contributed by atoms with van der Waals surface area (Å²) in [7, 11) is 3.73. The highest BCUT2D eigenvalue weighted by Gasteiger charge is 2.19. The molecule has 2 aromatic rings. The molecule has 1 aromatic heterocycles. The van der Waals surface area contributed by atoms with Crippen LogP contribution in [0.1, 0.15) is 0 Å². The first-order valence-corrected chi connectivity index (χ1v) is 6.47. The molecule has 0 spiro atoms. The van der Waals surface area contributed by atoms with E-state index in [0.717, 1.165) is 5.69 Å². The van der Waals surface area contributed by atoms with Gasteiger partial charge in [-0.1, -0.05) is 30.4 Å². The van der Waals surface area contributed by atoms with E-state index in [9.17, 15) is 0 Å². The highest BCUT2D eigenvalue weighted by molar-refractivity contribution is 8.11. The number of thiocarbonyl (C=S) groups is 1. The number of hydrogen-bond donors (Lipinski definition) is 2. The van der Waals surface area contributed by atoms with Crippen LogP contribution in [0.2, 0.25) is 0 Å². The van der Waals surface area contributed by atoms with Crippen LogP contribution in [-0.4, -0.2) is 33.2 Å². The molecule has 1 heterocycles. The molecule has 0 saturated heterocycles. The Morgan fingerprint density at radius 2 is 1.95 bits per heavy atom. The maximum atomic E-state index is 6.15. The van der Waals surface area contributed by atoms with Crippen LogP contribution < -0.4 is 10.7 Å². The van der Waals surface area contributed by atoms with Crippen LogP contribution in [0.25, 0.3) is 5.69 Å². The Bertz CT molecular complexity index is 579. The lowest BCUT2D eigenvalue weighted by Crippen LogP contribution is -2.39. The molecule has 100 valence electrons. The fourth-order valence-electron chi connectivity index (χ4n) is 1.78. The quantitative estimate of drug-likeness (QED) is 0.515. The van der Waals surface area contributed by atoms with E-state index in [1.165, 1.54) is 0 Å². The van der Waals surface area contributed by atoms with Crippen LogP contribution in [0.15, 0.2) is 36.5 Å². The van der Waals surface area contributed by atoms with Crippen molar-refractivity contribution in [3.63, 3.8) is 0 Å². The number of nitrogens with zero attached hydrogens (tertiary/aromatic N) is 4. The Morgan fingerprint density at radius 3 is 2.47 bits per heavy atom. The highest BCUT2D eigenvalue weighted by atomic mass is 32.1. The van der Waals surface area contributed by atoms with Crippen molar-refractivity contribution in [2.45, 2.75) is 0 Å². The molecular weight excluding hydrogens is 278 g/mol. The van der Waals surface area contributed by atoms with Gasteiger partial charge in [-0.3, -0.25) is 5.01 Å². The SMILES string of the molecule is CN(C)N(C(=S)S)c1cnn(-c2ccccc2)c1N. The van der Waals surface area contributed by atoms with Gasteiger partial charge in [-0.2, -0.15) is 5.10 Å². The van der Waals surface area contributed by atoms with Gasteiger partial charge in [0, 0.05) is 14.1 Å². The summed E-state index contributed by atoms with van der Waals surface area (Å²) in [5.41, 5.74) is 7.75. The Balaban J connectivity index is 2.46. The Labute approximate surface area is 123 Å². The van der Waals surface area contributed by atoms with Gasteiger partial charge in [0.1, 0.15) is 5.69 Å². The molecular formula is C12H15N5S2. The second-order valence-electron chi connectivity index (χ2n) is 4.10. The van der Waals surface area contributed by atoms with E-state index < -0.39 is 0 Å². The number of anilines is 2. The molecule has 2 rings (SSSR count). The van der Waals surface area contributed by atoms with E-state index in [2.05, 4.69) is 17.7 Å². The van der Waals surface area contributed by atoms with Crippen molar-refractivity contribution in [2.24, 2.45) is 0 Å². The van der Waals surface area contributed by atoms with Crippen LogP contribution in [0, 0.1) is 0 Å². The van der Waals surface area contributed by atoms with Gasteiger partial charge in [-0.05, 0) is 12.1 Å². The van der Waals surface area contributed by atoms with E-state index in [1.807, 2.05) is 44.4 Å². The number of nitrogen functional groups attached to an aromatic ring is 1. The molecule has 0 aliphatic heterocycles. The summed E-state index contributed by atoms with van der Waals surface area (Å²) in [5, 5.41) is 7.81. The molecule has 0 amide bonds. The van der Waals surface area contributed by atoms with E-state index in [1.54, 1.807) is 20.9 Å². The number of para-hydroxylation sites is 1. The number of rotatable bonds is 3. The molecule has 0 atom stereocenters. The van der Waals surface area contributed by atoms with Gasteiger partial charge < -0.3 is 5.73 Å². The van der Waals surface area contributed by atoms with E-state index >= 15 is 0 Å². The third-order valence-corrected chi connectivity index (χ3v) is 2.96. The second-order valence-corrected chi connectivity index (χ2v) is 5.22. The maximum absolute atomic E-state index is 6.15. The topological polar surface area (TPSA) is 50.3 Å². The predicted octanol–water partition coefficient (Wildman–Crippen LogP) is 1.95. The molecule has 2 N–H and O–H groups in total. The van der Waals surface area contributed by atoms with Crippen LogP contribution in [0.4, 0.5) is 11.5 Å². The monoisotopic (exact) mass is 293 g/mol. The average molecular weight is 293 g/mol. The van der Waals surface area contributed by atoms with Gasteiger partial charge in [0.2, 0.25) is 0 Å². The normalized spacial score (nSPS) is 10.7. The largest absolute Gasteiger partial charge is 0.382 e. The van der Waals surface area contributed by atoms with Crippen molar-refractivity contribution in [3.05, 3.63) is 36.5 Å². The van der Waals surface area contributed by atoms with Crippen LogP contribution in [0.5, 0.6) is 0 Å². The van der Waals surface area contributed by atoms with Crippen molar-refractivity contribution in [1.82, 2.24) is 14.8 Å². The predicted molar refractivity (Wildman–Crippen MR) is 85.7 cm³/mol. The van der Waals surface area contributed by atoms with Gasteiger partial charge in [0.15, 0.2) is 10.1 Å². The fraction of sp³-hybridized carbons (Fsp3) is 0.167. The summed E-state index contributed by atoms with van der Waals surface area (Å²) in [6, 6.07) is 9.68. The van der Waals surface area contributed by atoms with Gasteiger partial charge in [-0.25, -0.2) is 9.69 Å². The third-order valence-electron chi connectivity index (χ3n) is 2.60. The first-order chi connectivity index (χ1) is 9.02. The fourth-order valence-corrected chi connectivity index (χ4v) is 2.33. The van der Waals surface area contributed by atoms with Crippen LogP contribution >= 0.6 is 24.8 Å². The number of hydrogen-bond acceptors (Lipinski definition) is 4. The minimum atomic E-state index is 0.407. The van der Waals surface area contributed by atoms with Crippen LogP contribution in [0.3, 0.4) is 0 Å². The first-order valence-electron chi connectivity index (χ1n) is 5.61. The third kappa shape index (κ3) is 2.73. The summed E-state index contributed by atoms with van der Waals surface area (Å²) in [6.45, 7) is 0. The molecule has 19 heavy (non-hydrogen) atoms. The van der Waals surface area contributed by atoms with Gasteiger partial charge >= 0.3 is 0 Å². The smallest absolute Gasteiger partial charge is 0.152 e. The van der Waals surface area contributed by atoms with Gasteiger partial charge in [0.25, 0.3) is 0 Å². The highest BCUT2D eigenvalue weighted by Crippen LogP contribution is 2.27. The minimum Gasteiger partial charge on any atom is -0.382 e. The molecule has 0 radical (unpaired) electrons. The van der Waals surface area contributed by atoms with Crippen molar-refractivity contribution >= 4 is 40.7 Å². The summed E-state index contributed by atoms with van der Waals surface area (Å²) in [5.74, 6) is 0.510. The van der Waals surface area contributed by atoms with Gasteiger partial charge in [-0.15, -0.1) is 12.6 Å². The Hall–Kier alpha value is -1.57. The van der Waals surface area contributed by atoms with Crippen molar-refractivity contribution < 1.29 is 0 Å². The number of thiol groups is 1. The van der Waals surface area contributed by atoms with Crippen molar-refractivity contribution in [2.75, 3.05) is 24.8 Å². The number of hydrazine groups is 1. The van der Waals surface area contributed by atoms with Crippen molar-refractivity contribution in [3.8, 4) is 5.69 Å². The average Bonchev–Trinajstić information content (AvgIpc) is 2.72. The second kappa shape index (κ2) is 5.60. The summed E-state index contributed by atoms with van der Waals surface area (Å²) in [6.07, 6.45) is 1.67. The Kier molecular flexibility index (Phi) is 4.08. The number of aromatic nitrogens is 2. The zero-order valence-electron chi connectivity index (χ0n) is 10.7. The molecule has 5 nitrogen and oxygen atoms in total. The van der Waals surface area contributed by atoms with Crippen LogP contribution in [-0.2, 0) is 0 Å². The molecule has 0 unspecified atom stereocenters. The molecule has 0 aliphatic rings. The minimum absolute atomic E-state index is 0.407. The summed E-state index contributed by atoms with van der Waals surface area (Å²) in [4.78, 5) is 0. The standard InChI is InChI=1S/C12H15N5S2/c1-15(2)17(12(18)19)10-8-14-16(11(10)13)9-6-4-3-5-7-9/h3-8H,13H2,1-2H3,(H,18,19). The molecule has 0 saturated carbocycles. The molecule has 0 fully saturated rings. The number of nitrogens with two attached hydrogens (primary N) is 1. The molecule has 1 aromatic carbocycles. The van der Waals surface area contributed by atoms with E-state index in [0.29, 0.717) is 15.8 Å². The summed E-state index contributed by atoms with van der Waals surface area (Å²) >= 11 is 9.33. The molecule has 0 bridgehead atoms. The lowest BCUT2D eigenvalue weighted by Gasteiger charge is -2.28. The van der Waals surface area contributed by atoms with E-state index in [4.69, 9.17) is 18.0 Å². The van der Waals surface area contributed by atoms with Crippen molar-refractivity contribution in [1.29, 1.82) is 0 Å². The lowest BCUT2D eigenvalue weighted by molar-refractivity contribution is 0.434. The molecule has 0 aliphatic carbocycles. The number of benzene rings is 1. The first kappa shape index (κ1) is 13.9.